The summed E-state index contributed by atoms with van der Waals surface area (Å²) in [6.07, 6.45) is 0. The summed E-state index contributed by atoms with van der Waals surface area (Å²) < 4.78 is 11.3. The molecule has 8 heteroatoms. The Bertz CT molecular complexity index is 1030. The molecule has 0 saturated carbocycles. The molecule has 0 unspecified atom stereocenters. The summed E-state index contributed by atoms with van der Waals surface area (Å²) in [6.45, 7) is 7.20. The minimum atomic E-state index is -0.184. The van der Waals surface area contributed by atoms with Crippen molar-refractivity contribution < 1.29 is 14.3 Å². The first-order valence-electron chi connectivity index (χ1n) is 10.0. The van der Waals surface area contributed by atoms with Gasteiger partial charge in [-0.1, -0.05) is 49.7 Å². The number of tetrazole rings is 1. The van der Waals surface area contributed by atoms with Gasteiger partial charge in [0.1, 0.15) is 19.8 Å². The van der Waals surface area contributed by atoms with Crippen LogP contribution in [0.2, 0.25) is 0 Å². The van der Waals surface area contributed by atoms with Crippen molar-refractivity contribution in [2.75, 3.05) is 13.2 Å². The van der Waals surface area contributed by atoms with E-state index >= 15 is 0 Å². The molecule has 8 nitrogen and oxygen atoms in total. The Hall–Kier alpha value is -3.42. The van der Waals surface area contributed by atoms with Crippen molar-refractivity contribution >= 4 is 5.91 Å². The van der Waals surface area contributed by atoms with Gasteiger partial charge < -0.3 is 14.8 Å². The maximum absolute atomic E-state index is 12.7. The third-order valence-corrected chi connectivity index (χ3v) is 4.96. The number of ether oxygens (including phenoxy) is 2. The molecule has 1 aliphatic rings. The molecule has 1 aromatic heterocycles. The molecule has 1 N–H and O–H groups in total. The highest BCUT2D eigenvalue weighted by Crippen LogP contribution is 2.34. The Balaban J connectivity index is 1.45. The summed E-state index contributed by atoms with van der Waals surface area (Å²) >= 11 is 0. The van der Waals surface area contributed by atoms with Crippen LogP contribution in [-0.2, 0) is 11.3 Å². The minimum absolute atomic E-state index is 0.00731. The quantitative estimate of drug-likeness (QED) is 0.676. The number of aromatic nitrogens is 4. The third-order valence-electron chi connectivity index (χ3n) is 4.96. The van der Waals surface area contributed by atoms with Crippen LogP contribution in [0.5, 0.6) is 11.5 Å². The molecule has 4 rings (SSSR count). The van der Waals surface area contributed by atoms with Gasteiger partial charge in [0.05, 0.1) is 6.04 Å². The second-order valence-electron chi connectivity index (χ2n) is 7.70. The minimum Gasteiger partial charge on any atom is -0.486 e. The lowest BCUT2D eigenvalue weighted by molar-refractivity contribution is -0.123. The molecule has 0 radical (unpaired) electrons. The fourth-order valence-electron chi connectivity index (χ4n) is 3.36. The summed E-state index contributed by atoms with van der Waals surface area (Å²) in [7, 11) is 0. The van der Waals surface area contributed by atoms with E-state index < -0.39 is 0 Å². The number of benzene rings is 2. The van der Waals surface area contributed by atoms with Crippen molar-refractivity contribution in [1.82, 2.24) is 25.5 Å². The largest absolute Gasteiger partial charge is 0.486 e. The number of fused-ring (bicyclic) bond motifs is 1. The van der Waals surface area contributed by atoms with Gasteiger partial charge >= 0.3 is 0 Å². The highest BCUT2D eigenvalue weighted by atomic mass is 16.6. The van der Waals surface area contributed by atoms with E-state index in [1.165, 1.54) is 4.80 Å². The van der Waals surface area contributed by atoms with Gasteiger partial charge in [0, 0.05) is 5.56 Å². The summed E-state index contributed by atoms with van der Waals surface area (Å²) in [5, 5.41) is 15.5. The Morgan fingerprint density at radius 2 is 1.83 bits per heavy atom. The van der Waals surface area contributed by atoms with Crippen LogP contribution in [0.1, 0.15) is 31.0 Å². The van der Waals surface area contributed by atoms with Gasteiger partial charge in [-0.2, -0.15) is 4.80 Å². The zero-order valence-corrected chi connectivity index (χ0v) is 17.3. The van der Waals surface area contributed by atoms with Crippen LogP contribution in [0.3, 0.4) is 0 Å². The van der Waals surface area contributed by atoms with Crippen molar-refractivity contribution in [3.8, 4) is 22.9 Å². The van der Waals surface area contributed by atoms with E-state index in [9.17, 15) is 4.79 Å². The summed E-state index contributed by atoms with van der Waals surface area (Å²) in [6, 6.07) is 13.5. The Morgan fingerprint density at radius 1 is 1.10 bits per heavy atom. The average Bonchev–Trinajstić information content (AvgIpc) is 3.20. The predicted molar refractivity (Wildman–Crippen MR) is 111 cm³/mol. The lowest BCUT2D eigenvalue weighted by Gasteiger charge is -2.25. The molecule has 0 saturated heterocycles. The normalized spacial score (nSPS) is 13.9. The van der Waals surface area contributed by atoms with Crippen LogP contribution < -0.4 is 14.8 Å². The molecule has 0 fully saturated rings. The zero-order valence-electron chi connectivity index (χ0n) is 17.3. The van der Waals surface area contributed by atoms with Crippen LogP contribution in [0.25, 0.3) is 11.4 Å². The van der Waals surface area contributed by atoms with Gasteiger partial charge in [-0.25, -0.2) is 0 Å². The second-order valence-corrected chi connectivity index (χ2v) is 7.70. The number of amides is 1. The fraction of sp³-hybridized carbons (Fsp3) is 0.364. The van der Waals surface area contributed by atoms with Crippen LogP contribution in [-0.4, -0.2) is 39.3 Å². The van der Waals surface area contributed by atoms with E-state index in [4.69, 9.17) is 9.47 Å². The summed E-state index contributed by atoms with van der Waals surface area (Å²) in [4.78, 5) is 14.0. The number of nitrogens with one attached hydrogen (secondary N) is 1. The molecule has 1 atom stereocenters. The topological polar surface area (TPSA) is 91.2 Å². The molecular formula is C22H25N5O3. The smallest absolute Gasteiger partial charge is 0.244 e. The maximum Gasteiger partial charge on any atom is 0.244 e. The molecule has 3 aromatic rings. The molecule has 156 valence electrons. The Kier molecular flexibility index (Phi) is 5.65. The van der Waals surface area contributed by atoms with Gasteiger partial charge in [0.25, 0.3) is 0 Å². The van der Waals surface area contributed by atoms with E-state index in [1.807, 2.05) is 49.4 Å². The Morgan fingerprint density at radius 3 is 2.57 bits per heavy atom. The molecular weight excluding hydrogens is 382 g/mol. The second kappa shape index (κ2) is 8.52. The monoisotopic (exact) mass is 407 g/mol. The highest BCUT2D eigenvalue weighted by Gasteiger charge is 2.22. The van der Waals surface area contributed by atoms with Gasteiger partial charge in [-0.3, -0.25) is 4.79 Å². The van der Waals surface area contributed by atoms with Crippen molar-refractivity contribution in [1.29, 1.82) is 0 Å². The molecule has 1 amide bonds. The van der Waals surface area contributed by atoms with Crippen molar-refractivity contribution in [3.05, 3.63) is 53.6 Å². The molecule has 30 heavy (non-hydrogen) atoms. The van der Waals surface area contributed by atoms with Gasteiger partial charge in [-0.15, -0.1) is 10.2 Å². The SMILES string of the molecule is Cc1ccc(-c2nnn(CC(=O)N[C@H](c3ccc4c(c3)OCCO4)C(C)C)n2)cc1. The van der Waals surface area contributed by atoms with E-state index in [0.717, 1.165) is 22.4 Å². The lowest BCUT2D eigenvalue weighted by atomic mass is 9.95. The fourth-order valence-corrected chi connectivity index (χ4v) is 3.36. The van der Waals surface area contributed by atoms with E-state index in [2.05, 4.69) is 34.6 Å². The number of rotatable bonds is 6. The van der Waals surface area contributed by atoms with E-state index in [-0.39, 0.29) is 24.4 Å². The van der Waals surface area contributed by atoms with Crippen molar-refractivity contribution in [2.45, 2.75) is 33.4 Å². The molecule has 2 heterocycles. The predicted octanol–water partition coefficient (Wildman–Crippen LogP) is 2.93. The number of carbonyl (C=O) groups excluding carboxylic acids is 1. The molecule has 2 aromatic carbocycles. The van der Waals surface area contributed by atoms with E-state index in [1.54, 1.807) is 0 Å². The van der Waals surface area contributed by atoms with Crippen LogP contribution in [0.4, 0.5) is 0 Å². The zero-order chi connectivity index (χ0) is 21.1. The number of carbonyl (C=O) groups is 1. The van der Waals surface area contributed by atoms with Gasteiger partial charge in [0.15, 0.2) is 11.5 Å². The standard InChI is InChI=1S/C22H25N5O3/c1-14(2)21(17-8-9-18-19(12-17)30-11-10-29-18)23-20(28)13-27-25-22(24-26-27)16-6-4-15(3)5-7-16/h4-9,12,14,21H,10-11,13H2,1-3H3,(H,23,28)/t21-/m0/s1. The molecule has 0 spiro atoms. The first-order valence-corrected chi connectivity index (χ1v) is 10.0. The Labute approximate surface area is 175 Å². The van der Waals surface area contributed by atoms with E-state index in [0.29, 0.717) is 24.8 Å². The molecule has 1 aliphatic heterocycles. The number of hydrogen-bond acceptors (Lipinski definition) is 6. The number of nitrogens with zero attached hydrogens (tertiary/aromatic N) is 4. The van der Waals surface area contributed by atoms with Crippen LogP contribution in [0, 0.1) is 12.8 Å². The van der Waals surface area contributed by atoms with Crippen LogP contribution >= 0.6 is 0 Å². The summed E-state index contributed by atoms with van der Waals surface area (Å²) in [5.74, 6) is 1.93. The summed E-state index contributed by atoms with van der Waals surface area (Å²) in [5.41, 5.74) is 2.99. The third kappa shape index (κ3) is 4.42. The number of aryl methyl sites for hydroxylation is 1. The first-order chi connectivity index (χ1) is 14.5. The van der Waals surface area contributed by atoms with Crippen molar-refractivity contribution in [2.24, 2.45) is 5.92 Å². The van der Waals surface area contributed by atoms with Crippen LogP contribution in [0.15, 0.2) is 42.5 Å². The lowest BCUT2D eigenvalue weighted by Crippen LogP contribution is -2.34. The van der Waals surface area contributed by atoms with Gasteiger partial charge in [0.2, 0.25) is 11.7 Å². The highest BCUT2D eigenvalue weighted by molar-refractivity contribution is 5.76. The maximum atomic E-state index is 12.7. The van der Waals surface area contributed by atoms with Gasteiger partial charge in [-0.05, 0) is 35.8 Å². The van der Waals surface area contributed by atoms with Crippen molar-refractivity contribution in [3.63, 3.8) is 0 Å². The molecule has 0 aliphatic carbocycles. The first kappa shape index (κ1) is 19.9. The molecule has 0 bridgehead atoms. The number of hydrogen-bond donors (Lipinski definition) is 1. The average molecular weight is 407 g/mol.